The average molecular weight is 263 g/mol. The van der Waals surface area contributed by atoms with Crippen LogP contribution in [0.1, 0.15) is 18.7 Å². The molecule has 0 spiro atoms. The van der Waals surface area contributed by atoms with Crippen molar-refractivity contribution in [2.75, 3.05) is 5.32 Å². The van der Waals surface area contributed by atoms with Crippen LogP contribution in [-0.2, 0) is 4.79 Å². The number of aryl methyl sites for hydroxylation is 1. The second kappa shape index (κ2) is 3.75. The average Bonchev–Trinajstić information content (AvgIpc) is 2.33. The van der Waals surface area contributed by atoms with E-state index in [1.54, 1.807) is 20.0 Å². The quantitative estimate of drug-likeness (QED) is 0.833. The van der Waals surface area contributed by atoms with Crippen molar-refractivity contribution in [2.45, 2.75) is 25.1 Å². The Hall–Kier alpha value is -0.420. The van der Waals surface area contributed by atoms with Crippen molar-refractivity contribution < 1.29 is 4.79 Å². The Morgan fingerprint density at radius 3 is 2.69 bits per heavy atom. The van der Waals surface area contributed by atoms with Crippen molar-refractivity contribution in [1.29, 1.82) is 0 Å². The number of halogens is 1. The van der Waals surface area contributed by atoms with E-state index in [0.717, 1.165) is 4.88 Å². The summed E-state index contributed by atoms with van der Waals surface area (Å²) in [5, 5.41) is 3.37. The maximum atomic E-state index is 11.5. The Balaban J connectivity index is 2.65. The molecule has 0 aromatic carbocycles. The maximum absolute atomic E-state index is 11.5. The van der Waals surface area contributed by atoms with Crippen molar-refractivity contribution in [3.05, 3.63) is 11.1 Å². The van der Waals surface area contributed by atoms with Gasteiger partial charge in [-0.1, -0.05) is 15.9 Å². The smallest absolute Gasteiger partial charge is 0.242 e. The zero-order chi connectivity index (χ0) is 10.1. The van der Waals surface area contributed by atoms with Crippen LogP contribution in [0.4, 0.5) is 5.13 Å². The number of amides is 1. The molecule has 3 nitrogen and oxygen atoms in total. The molecule has 1 aromatic heterocycles. The molecule has 1 heterocycles. The van der Waals surface area contributed by atoms with Crippen LogP contribution in [0.3, 0.4) is 0 Å². The molecule has 0 radical (unpaired) electrons. The summed E-state index contributed by atoms with van der Waals surface area (Å²) in [5.41, 5.74) is 0. The van der Waals surface area contributed by atoms with Gasteiger partial charge in [-0.25, -0.2) is 4.98 Å². The summed E-state index contributed by atoms with van der Waals surface area (Å²) in [4.78, 5) is 16.6. The fraction of sp³-hybridized carbons (Fsp3) is 0.500. The van der Waals surface area contributed by atoms with E-state index in [1.807, 2.05) is 6.92 Å². The molecule has 0 unspecified atom stereocenters. The van der Waals surface area contributed by atoms with Gasteiger partial charge in [-0.3, -0.25) is 4.79 Å². The Morgan fingerprint density at radius 1 is 1.69 bits per heavy atom. The predicted octanol–water partition coefficient (Wildman–Crippen LogP) is 2.56. The topological polar surface area (TPSA) is 42.0 Å². The Morgan fingerprint density at radius 2 is 2.31 bits per heavy atom. The third-order valence-electron chi connectivity index (χ3n) is 1.38. The lowest BCUT2D eigenvalue weighted by Crippen LogP contribution is -2.30. The largest absolute Gasteiger partial charge is 0.301 e. The van der Waals surface area contributed by atoms with E-state index in [4.69, 9.17) is 0 Å². The molecule has 0 aliphatic heterocycles. The zero-order valence-corrected chi connectivity index (χ0v) is 10.1. The van der Waals surface area contributed by atoms with Gasteiger partial charge in [0.05, 0.1) is 4.32 Å². The molecule has 1 rings (SSSR count). The fourth-order valence-electron chi connectivity index (χ4n) is 0.658. The number of hydrogen-bond donors (Lipinski definition) is 1. The van der Waals surface area contributed by atoms with Crippen LogP contribution in [0.2, 0.25) is 0 Å². The summed E-state index contributed by atoms with van der Waals surface area (Å²) in [6, 6.07) is 0. The molecule has 0 bridgehead atoms. The highest BCUT2D eigenvalue weighted by molar-refractivity contribution is 9.10. The predicted molar refractivity (Wildman–Crippen MR) is 58.5 cm³/mol. The first-order valence-corrected chi connectivity index (χ1v) is 5.43. The van der Waals surface area contributed by atoms with Crippen molar-refractivity contribution in [1.82, 2.24) is 4.98 Å². The van der Waals surface area contributed by atoms with Gasteiger partial charge in [0.2, 0.25) is 5.91 Å². The zero-order valence-electron chi connectivity index (χ0n) is 7.72. The number of carbonyl (C=O) groups excluding carboxylic acids is 1. The first-order chi connectivity index (χ1) is 5.89. The van der Waals surface area contributed by atoms with Crippen molar-refractivity contribution in [3.8, 4) is 0 Å². The minimum absolute atomic E-state index is 0.0816. The van der Waals surface area contributed by atoms with E-state index in [-0.39, 0.29) is 5.91 Å². The molecule has 0 fully saturated rings. The fourth-order valence-corrected chi connectivity index (χ4v) is 1.42. The Labute approximate surface area is 89.7 Å². The number of rotatable bonds is 2. The van der Waals surface area contributed by atoms with Crippen molar-refractivity contribution >= 4 is 38.3 Å². The lowest BCUT2D eigenvalue weighted by atomic mass is 10.2. The number of nitrogens with zero attached hydrogens (tertiary/aromatic N) is 1. The summed E-state index contributed by atoms with van der Waals surface area (Å²) in [7, 11) is 0. The highest BCUT2D eigenvalue weighted by Gasteiger charge is 2.24. The van der Waals surface area contributed by atoms with Crippen molar-refractivity contribution in [2.24, 2.45) is 0 Å². The Bertz CT molecular complexity index is 316. The third kappa shape index (κ3) is 3.08. The number of alkyl halides is 1. The molecule has 1 amide bonds. The molecular formula is C8H11BrN2OS. The number of carbonyl (C=O) groups is 1. The van der Waals surface area contributed by atoms with Gasteiger partial charge in [0.15, 0.2) is 5.13 Å². The molecule has 1 N–H and O–H groups in total. The van der Waals surface area contributed by atoms with Crippen molar-refractivity contribution in [3.63, 3.8) is 0 Å². The van der Waals surface area contributed by atoms with Gasteiger partial charge in [-0.2, -0.15) is 0 Å². The molecular weight excluding hydrogens is 252 g/mol. The van der Waals surface area contributed by atoms with Crippen LogP contribution in [0.25, 0.3) is 0 Å². The van der Waals surface area contributed by atoms with E-state index in [1.165, 1.54) is 11.3 Å². The van der Waals surface area contributed by atoms with Gasteiger partial charge in [0.1, 0.15) is 0 Å². The summed E-state index contributed by atoms with van der Waals surface area (Å²) in [6.07, 6.45) is 1.74. The van der Waals surface area contributed by atoms with Gasteiger partial charge >= 0.3 is 0 Å². The molecule has 0 aliphatic carbocycles. The molecule has 1 aromatic rings. The van der Waals surface area contributed by atoms with Gasteiger partial charge < -0.3 is 5.32 Å². The highest BCUT2D eigenvalue weighted by atomic mass is 79.9. The van der Waals surface area contributed by atoms with Crippen LogP contribution in [-0.4, -0.2) is 15.2 Å². The lowest BCUT2D eigenvalue weighted by Gasteiger charge is -2.13. The monoisotopic (exact) mass is 262 g/mol. The number of thiazole rings is 1. The molecule has 0 atom stereocenters. The van der Waals surface area contributed by atoms with Crippen LogP contribution in [0.15, 0.2) is 6.20 Å². The van der Waals surface area contributed by atoms with E-state index < -0.39 is 4.32 Å². The minimum atomic E-state index is -0.549. The molecule has 5 heteroatoms. The van der Waals surface area contributed by atoms with E-state index in [9.17, 15) is 4.79 Å². The molecule has 72 valence electrons. The second-order valence-corrected chi connectivity index (χ2v) is 6.42. The first-order valence-electron chi connectivity index (χ1n) is 3.82. The summed E-state index contributed by atoms with van der Waals surface area (Å²) in [6.45, 7) is 5.54. The molecule has 0 saturated carbocycles. The summed E-state index contributed by atoms with van der Waals surface area (Å²) >= 11 is 4.74. The lowest BCUT2D eigenvalue weighted by molar-refractivity contribution is -0.117. The highest BCUT2D eigenvalue weighted by Crippen LogP contribution is 2.21. The van der Waals surface area contributed by atoms with Gasteiger partial charge in [0, 0.05) is 11.1 Å². The normalized spacial score (nSPS) is 11.4. The molecule has 13 heavy (non-hydrogen) atoms. The van der Waals surface area contributed by atoms with Crippen LogP contribution < -0.4 is 5.32 Å². The van der Waals surface area contributed by atoms with E-state index in [0.29, 0.717) is 5.13 Å². The van der Waals surface area contributed by atoms with E-state index >= 15 is 0 Å². The first kappa shape index (κ1) is 10.7. The Kier molecular flexibility index (Phi) is 3.08. The van der Waals surface area contributed by atoms with Gasteiger partial charge in [-0.05, 0) is 20.8 Å². The summed E-state index contributed by atoms with van der Waals surface area (Å²) < 4.78 is -0.549. The van der Waals surface area contributed by atoms with Crippen LogP contribution >= 0.6 is 27.3 Å². The molecule has 0 aliphatic rings. The van der Waals surface area contributed by atoms with Crippen LogP contribution in [0.5, 0.6) is 0 Å². The number of nitrogens with one attached hydrogen (secondary N) is 1. The number of aromatic nitrogens is 1. The van der Waals surface area contributed by atoms with E-state index in [2.05, 4.69) is 26.2 Å². The van der Waals surface area contributed by atoms with Crippen LogP contribution in [0, 0.1) is 6.92 Å². The number of anilines is 1. The maximum Gasteiger partial charge on any atom is 0.242 e. The third-order valence-corrected chi connectivity index (χ3v) is 2.57. The van der Waals surface area contributed by atoms with Gasteiger partial charge in [0.25, 0.3) is 0 Å². The minimum Gasteiger partial charge on any atom is -0.301 e. The molecule has 0 saturated heterocycles. The number of hydrogen-bond acceptors (Lipinski definition) is 3. The summed E-state index contributed by atoms with van der Waals surface area (Å²) in [5.74, 6) is -0.0816. The van der Waals surface area contributed by atoms with Gasteiger partial charge in [-0.15, -0.1) is 11.3 Å². The SMILES string of the molecule is Cc1cnc(NC(=O)C(C)(C)Br)s1. The second-order valence-electron chi connectivity index (χ2n) is 3.20. The standard InChI is InChI=1S/C8H11BrN2OS/c1-5-4-10-7(13-5)11-6(12)8(2,3)9/h4H,1-3H3,(H,10,11,12).